The van der Waals surface area contributed by atoms with Gasteiger partial charge in [0.05, 0.1) is 14.1 Å². The lowest BCUT2D eigenvalue weighted by Gasteiger charge is -2.28. The second-order valence-corrected chi connectivity index (χ2v) is 4.64. The Balaban J connectivity index is 3.69. The number of rotatable bonds is 6. The molecule has 0 aromatic rings. The Labute approximate surface area is 77.0 Å². The first-order valence-electron chi connectivity index (χ1n) is 3.85. The molecule has 0 fully saturated rings. The van der Waals surface area contributed by atoms with Gasteiger partial charge in [0, 0.05) is 0 Å². The first-order valence-corrected chi connectivity index (χ1v) is 5.38. The average Bonchev–Trinajstić information content (AvgIpc) is 1.82. The molecule has 0 saturated carbocycles. The Hall–Kier alpha value is -0.0000000000000000416. The highest BCUT2D eigenvalue weighted by molar-refractivity contribution is 7.46. The van der Waals surface area contributed by atoms with Gasteiger partial charge in [0.25, 0.3) is 0 Å². The first-order chi connectivity index (χ1) is 5.77. The topological polar surface area (TPSA) is 66.8 Å². The van der Waals surface area contributed by atoms with Crippen molar-refractivity contribution in [2.45, 2.75) is 0 Å². The number of hydrogen-bond acceptors (Lipinski definition) is 2. The summed E-state index contributed by atoms with van der Waals surface area (Å²) in [5, 5.41) is 0. The molecule has 0 spiro atoms. The van der Waals surface area contributed by atoms with E-state index in [1.165, 1.54) is 0 Å². The molecule has 0 aromatic carbocycles. The van der Waals surface area contributed by atoms with Crippen molar-refractivity contribution in [1.29, 1.82) is 0 Å². The largest absolute Gasteiger partial charge is 0.469 e. The number of alkyl halides is 1. The third-order valence-electron chi connectivity index (χ3n) is 1.65. The summed E-state index contributed by atoms with van der Waals surface area (Å²) in [6, 6.07) is 0. The molecule has 80 valence electrons. The predicted octanol–water partition coefficient (Wildman–Crippen LogP) is 0.142. The van der Waals surface area contributed by atoms with Crippen LogP contribution in [0.1, 0.15) is 0 Å². The molecule has 0 aliphatic heterocycles. The van der Waals surface area contributed by atoms with Crippen LogP contribution in [0.2, 0.25) is 0 Å². The van der Waals surface area contributed by atoms with E-state index < -0.39 is 14.5 Å². The van der Waals surface area contributed by atoms with Gasteiger partial charge in [-0.25, -0.2) is 8.96 Å². The summed E-state index contributed by atoms with van der Waals surface area (Å²) >= 11 is 0. The summed E-state index contributed by atoms with van der Waals surface area (Å²) in [6.45, 7) is 0.153. The van der Waals surface area contributed by atoms with Gasteiger partial charge in [0.15, 0.2) is 0 Å². The summed E-state index contributed by atoms with van der Waals surface area (Å²) in [6.07, 6.45) is 0. The van der Waals surface area contributed by atoms with Gasteiger partial charge in [0.2, 0.25) is 0 Å². The van der Waals surface area contributed by atoms with Crippen molar-refractivity contribution in [3.63, 3.8) is 0 Å². The van der Waals surface area contributed by atoms with Crippen molar-refractivity contribution in [2.24, 2.45) is 0 Å². The molecule has 0 aliphatic carbocycles. The van der Waals surface area contributed by atoms with E-state index in [2.05, 4.69) is 4.52 Å². The second kappa shape index (κ2) is 5.02. The molecule has 7 heteroatoms. The fourth-order valence-corrected chi connectivity index (χ4v) is 1.07. The van der Waals surface area contributed by atoms with Gasteiger partial charge in [-0.15, -0.1) is 0 Å². The number of phosphoric ester groups is 1. The van der Waals surface area contributed by atoms with E-state index in [9.17, 15) is 8.96 Å². The normalized spacial score (nSPS) is 13.3. The number of likely N-dealkylation sites (N-methyl/N-ethyl adjacent to an activating group) is 1. The number of nitrogens with zero attached hydrogens (tertiary/aromatic N) is 1. The number of quaternary nitrogens is 1. The molecular formula is C6H16FNO4P+. The van der Waals surface area contributed by atoms with Crippen LogP contribution in [-0.4, -0.2) is 54.7 Å². The van der Waals surface area contributed by atoms with Gasteiger partial charge in [0.1, 0.15) is 26.4 Å². The minimum Gasteiger partial charge on any atom is -0.324 e. The van der Waals surface area contributed by atoms with Crippen LogP contribution in [-0.2, 0) is 9.09 Å². The van der Waals surface area contributed by atoms with Crippen molar-refractivity contribution in [3.8, 4) is 0 Å². The quantitative estimate of drug-likeness (QED) is 0.488. The number of phosphoric acid groups is 1. The molecule has 5 nitrogen and oxygen atoms in total. The molecule has 0 atom stereocenters. The van der Waals surface area contributed by atoms with Crippen LogP contribution in [0.25, 0.3) is 0 Å². The molecule has 0 aromatic heterocycles. The van der Waals surface area contributed by atoms with Crippen LogP contribution < -0.4 is 0 Å². The van der Waals surface area contributed by atoms with E-state index in [1.54, 1.807) is 14.1 Å². The standard InChI is InChI=1S/C6H15FNO4P/c1-8(2,4-3-7)5-6-12-13(9,10)11/h3-6H2,1-2H3,(H-,9,10,11)/p+1/i7-1. The van der Waals surface area contributed by atoms with E-state index >= 15 is 0 Å². The van der Waals surface area contributed by atoms with Crippen LogP contribution in [0.3, 0.4) is 0 Å². The summed E-state index contributed by atoms with van der Waals surface area (Å²) in [5.74, 6) is 0. The van der Waals surface area contributed by atoms with Crippen LogP contribution in [0.15, 0.2) is 0 Å². The third kappa shape index (κ3) is 8.33. The highest BCUT2D eigenvalue weighted by atomic mass is 31.2. The lowest BCUT2D eigenvalue weighted by Crippen LogP contribution is -2.43. The maximum Gasteiger partial charge on any atom is 0.469 e. The molecule has 0 saturated heterocycles. The Bertz CT molecular complexity index is 193. The molecule has 13 heavy (non-hydrogen) atoms. The van der Waals surface area contributed by atoms with Crippen LogP contribution in [0.5, 0.6) is 0 Å². The van der Waals surface area contributed by atoms with E-state index in [1.807, 2.05) is 0 Å². The highest BCUT2D eigenvalue weighted by Gasteiger charge is 2.19. The number of hydrogen-bond donors (Lipinski definition) is 2. The van der Waals surface area contributed by atoms with Crippen molar-refractivity contribution in [1.82, 2.24) is 0 Å². The lowest BCUT2D eigenvalue weighted by atomic mass is 10.4. The molecular weight excluding hydrogens is 199 g/mol. The molecule has 0 unspecified atom stereocenters. The van der Waals surface area contributed by atoms with Crippen molar-refractivity contribution >= 4 is 7.82 Å². The molecule has 0 rings (SSSR count). The zero-order valence-corrected chi connectivity index (χ0v) is 8.71. The van der Waals surface area contributed by atoms with Crippen molar-refractivity contribution < 1.29 is 27.7 Å². The molecule has 0 aliphatic rings. The van der Waals surface area contributed by atoms with Crippen molar-refractivity contribution in [2.75, 3.05) is 40.5 Å². The minimum absolute atomic E-state index is 0.0721. The Morgan fingerprint density at radius 3 is 2.31 bits per heavy atom. The maximum atomic E-state index is 11.9. The fraction of sp³-hybridized carbons (Fsp3) is 1.00. The van der Waals surface area contributed by atoms with E-state index in [0.29, 0.717) is 17.6 Å². The molecule has 0 bridgehead atoms. The average molecular weight is 215 g/mol. The molecule has 0 heterocycles. The Morgan fingerprint density at radius 1 is 1.38 bits per heavy atom. The monoisotopic (exact) mass is 215 g/mol. The Morgan fingerprint density at radius 2 is 1.92 bits per heavy atom. The highest BCUT2D eigenvalue weighted by Crippen LogP contribution is 2.35. The zero-order chi connectivity index (χ0) is 10.5. The second-order valence-electron chi connectivity index (χ2n) is 3.40. The van der Waals surface area contributed by atoms with Gasteiger partial charge in [-0.05, 0) is 0 Å². The number of halogens is 1. The van der Waals surface area contributed by atoms with Crippen molar-refractivity contribution in [3.05, 3.63) is 0 Å². The SMILES string of the molecule is C[N+](C)(CC[18F])CCOP(=O)(O)O. The summed E-state index contributed by atoms with van der Waals surface area (Å²) in [4.78, 5) is 16.7. The summed E-state index contributed by atoms with van der Waals surface area (Å²) < 4.78 is 26.8. The van der Waals surface area contributed by atoms with Gasteiger partial charge in [-0.3, -0.25) is 4.52 Å². The van der Waals surface area contributed by atoms with E-state index in [-0.39, 0.29) is 6.61 Å². The van der Waals surface area contributed by atoms with Gasteiger partial charge in [-0.1, -0.05) is 0 Å². The van der Waals surface area contributed by atoms with Crippen LogP contribution >= 0.6 is 7.82 Å². The smallest absolute Gasteiger partial charge is 0.324 e. The summed E-state index contributed by atoms with van der Waals surface area (Å²) in [5.41, 5.74) is 0. The molecule has 2 N–H and O–H groups in total. The van der Waals surface area contributed by atoms with Gasteiger partial charge < -0.3 is 14.3 Å². The minimum atomic E-state index is -4.37. The lowest BCUT2D eigenvalue weighted by molar-refractivity contribution is -0.890. The van der Waals surface area contributed by atoms with Gasteiger partial charge >= 0.3 is 7.82 Å². The van der Waals surface area contributed by atoms with Crippen LogP contribution in [0, 0.1) is 0 Å². The molecule has 0 radical (unpaired) electrons. The first kappa shape index (κ1) is 13.0. The predicted molar refractivity (Wildman–Crippen MR) is 45.8 cm³/mol. The molecule has 0 amide bonds. The zero-order valence-electron chi connectivity index (χ0n) is 7.81. The van der Waals surface area contributed by atoms with E-state index in [0.717, 1.165) is 0 Å². The maximum absolute atomic E-state index is 11.9. The fourth-order valence-electron chi connectivity index (χ4n) is 0.747. The summed E-state index contributed by atoms with van der Waals surface area (Å²) in [7, 11) is -0.841. The third-order valence-corrected chi connectivity index (χ3v) is 2.16. The van der Waals surface area contributed by atoms with E-state index in [4.69, 9.17) is 9.79 Å². The van der Waals surface area contributed by atoms with Crippen LogP contribution in [0.4, 0.5) is 4.39 Å². The van der Waals surface area contributed by atoms with Gasteiger partial charge in [-0.2, -0.15) is 0 Å². The Kier molecular flexibility index (Phi) is 5.02.